The minimum atomic E-state index is -2.73. The third-order valence-corrected chi connectivity index (χ3v) is 4.82. The Bertz CT molecular complexity index is 1080. The van der Waals surface area contributed by atoms with Gasteiger partial charge in [0.05, 0.1) is 18.4 Å². The van der Waals surface area contributed by atoms with E-state index < -0.39 is 12.1 Å². The molecule has 31 heavy (non-hydrogen) atoms. The maximum absolute atomic E-state index is 13.0. The molecule has 0 saturated heterocycles. The van der Waals surface area contributed by atoms with E-state index in [0.717, 1.165) is 5.69 Å². The number of ether oxygens (including phenoxy) is 2. The minimum Gasteiger partial charge on any atom is -0.491 e. The molecule has 3 aromatic rings. The summed E-state index contributed by atoms with van der Waals surface area (Å²) in [4.78, 5) is 21.3. The lowest BCUT2D eigenvalue weighted by molar-refractivity contribution is 0.0984. The van der Waals surface area contributed by atoms with Crippen molar-refractivity contribution in [2.45, 2.75) is 52.1 Å². The fourth-order valence-corrected chi connectivity index (χ4v) is 3.31. The number of Topliss-reactive ketones (excluding diaryl/α,β-unsaturated/α-hetero) is 1. The largest absolute Gasteiger partial charge is 0.491 e. The molecule has 0 bridgehead atoms. The summed E-state index contributed by atoms with van der Waals surface area (Å²) in [7, 11) is 1.65. The van der Waals surface area contributed by atoms with Gasteiger partial charge in [-0.25, -0.2) is 18.7 Å². The van der Waals surface area contributed by atoms with Gasteiger partial charge in [0.2, 0.25) is 0 Å². The lowest BCUT2D eigenvalue weighted by Gasteiger charge is -2.20. The Hall–Kier alpha value is -2.87. The molecule has 0 fully saturated rings. The number of hydrogen-bond donors (Lipinski definition) is 0. The Morgan fingerprint density at radius 2 is 1.94 bits per heavy atom. The summed E-state index contributed by atoms with van der Waals surface area (Å²) in [5, 5.41) is 0. The highest BCUT2D eigenvalue weighted by Gasteiger charge is 2.25. The summed E-state index contributed by atoms with van der Waals surface area (Å²) in [6, 6.07) is 5.85. The number of alkyl halides is 2. The summed E-state index contributed by atoms with van der Waals surface area (Å²) in [5.74, 6) is 0.165. The second-order valence-electron chi connectivity index (χ2n) is 8.39. The maximum Gasteiger partial charge on any atom is 0.280 e. The van der Waals surface area contributed by atoms with Crippen molar-refractivity contribution in [3.8, 4) is 5.75 Å². The number of carbonyl (C=O) groups is 1. The van der Waals surface area contributed by atoms with Crippen LogP contribution in [0.25, 0.3) is 5.65 Å². The van der Waals surface area contributed by atoms with E-state index >= 15 is 0 Å². The predicted molar refractivity (Wildman–Crippen MR) is 113 cm³/mol. The molecule has 0 aromatic carbocycles. The zero-order valence-electron chi connectivity index (χ0n) is 18.4. The summed E-state index contributed by atoms with van der Waals surface area (Å²) in [6.45, 7) is 8.36. The topological polar surface area (TPSA) is 65.7 Å². The molecule has 0 saturated carbocycles. The van der Waals surface area contributed by atoms with Crippen molar-refractivity contribution in [3.05, 3.63) is 59.3 Å². The molecule has 0 N–H and O–H groups in total. The fourth-order valence-electron chi connectivity index (χ4n) is 3.31. The van der Waals surface area contributed by atoms with E-state index in [1.54, 1.807) is 19.4 Å². The first-order valence-corrected chi connectivity index (χ1v) is 10.1. The van der Waals surface area contributed by atoms with E-state index in [0.29, 0.717) is 23.6 Å². The molecule has 3 rings (SSSR count). The first kappa shape index (κ1) is 22.8. The molecule has 0 aliphatic heterocycles. The highest BCUT2D eigenvalue weighted by molar-refractivity contribution is 5.96. The average Bonchev–Trinajstić information content (AvgIpc) is 3.11. The fraction of sp³-hybridized carbons (Fsp3) is 0.435. The van der Waals surface area contributed by atoms with Gasteiger partial charge < -0.3 is 13.9 Å². The molecule has 0 amide bonds. The predicted octanol–water partition coefficient (Wildman–Crippen LogP) is 4.80. The number of rotatable bonds is 9. The van der Waals surface area contributed by atoms with Gasteiger partial charge in [-0.2, -0.15) is 0 Å². The van der Waals surface area contributed by atoms with Crippen LogP contribution in [-0.4, -0.2) is 40.0 Å². The van der Waals surface area contributed by atoms with Crippen LogP contribution in [0.1, 0.15) is 61.6 Å². The van der Waals surface area contributed by atoms with Gasteiger partial charge in [0.25, 0.3) is 6.43 Å². The van der Waals surface area contributed by atoms with Gasteiger partial charge in [-0.15, -0.1) is 0 Å². The van der Waals surface area contributed by atoms with Crippen molar-refractivity contribution < 1.29 is 23.0 Å². The summed E-state index contributed by atoms with van der Waals surface area (Å²) < 4.78 is 39.0. The third-order valence-electron chi connectivity index (χ3n) is 4.82. The first-order valence-electron chi connectivity index (χ1n) is 10.1. The van der Waals surface area contributed by atoms with Crippen LogP contribution in [0.4, 0.5) is 8.78 Å². The molecule has 0 radical (unpaired) electrons. The summed E-state index contributed by atoms with van der Waals surface area (Å²) in [5.41, 5.74) is 1.45. The van der Waals surface area contributed by atoms with Gasteiger partial charge in [-0.05, 0) is 26.0 Å². The van der Waals surface area contributed by atoms with Gasteiger partial charge in [-0.3, -0.25) is 4.79 Å². The van der Waals surface area contributed by atoms with Crippen LogP contribution in [0.3, 0.4) is 0 Å². The van der Waals surface area contributed by atoms with Crippen LogP contribution in [0, 0.1) is 0 Å². The first-order chi connectivity index (χ1) is 14.6. The van der Waals surface area contributed by atoms with Gasteiger partial charge in [0.1, 0.15) is 22.8 Å². The minimum absolute atomic E-state index is 0.000872. The van der Waals surface area contributed by atoms with Crippen LogP contribution in [-0.2, 0) is 16.6 Å². The highest BCUT2D eigenvalue weighted by Crippen LogP contribution is 2.28. The number of aromatic nitrogens is 3. The van der Waals surface area contributed by atoms with E-state index in [1.807, 2.05) is 38.3 Å². The van der Waals surface area contributed by atoms with Crippen molar-refractivity contribution in [3.63, 3.8) is 0 Å². The maximum atomic E-state index is 13.0. The van der Waals surface area contributed by atoms with Gasteiger partial charge in [-0.1, -0.05) is 19.9 Å². The molecule has 0 aliphatic rings. The molecule has 3 aromatic heterocycles. The molecule has 0 aliphatic carbocycles. The van der Waals surface area contributed by atoms with E-state index in [4.69, 9.17) is 14.5 Å². The number of carbonyl (C=O) groups excluding carboxylic acids is 1. The zero-order chi connectivity index (χ0) is 22.8. The van der Waals surface area contributed by atoms with E-state index in [-0.39, 0.29) is 29.4 Å². The Morgan fingerprint density at radius 1 is 1.19 bits per heavy atom. The van der Waals surface area contributed by atoms with Gasteiger partial charge >= 0.3 is 0 Å². The standard InChI is InChI=1S/C23H27F2N3O3/c1-14(2)31-19-10-21-27-20(23(3,4)13-30-5)12-28(21)11-15(19)9-18(29)16-7-6-8-17(26-16)22(24)25/h6-8,10-12,14,22H,9,13H2,1-5H3. The molecule has 0 atom stereocenters. The van der Waals surface area contributed by atoms with Gasteiger partial charge in [0, 0.05) is 43.0 Å². The quantitative estimate of drug-likeness (QED) is 0.455. The van der Waals surface area contributed by atoms with Crippen LogP contribution in [0.5, 0.6) is 5.75 Å². The van der Waals surface area contributed by atoms with Crippen molar-refractivity contribution in [1.29, 1.82) is 0 Å². The zero-order valence-corrected chi connectivity index (χ0v) is 18.4. The summed E-state index contributed by atoms with van der Waals surface area (Å²) >= 11 is 0. The monoisotopic (exact) mass is 431 g/mol. The Balaban J connectivity index is 1.99. The molecule has 6 nitrogen and oxygen atoms in total. The average molecular weight is 431 g/mol. The summed E-state index contributed by atoms with van der Waals surface area (Å²) in [6.07, 6.45) is 0.810. The smallest absolute Gasteiger partial charge is 0.280 e. The second-order valence-corrected chi connectivity index (χ2v) is 8.39. The molecule has 3 heterocycles. The number of fused-ring (bicyclic) bond motifs is 1. The van der Waals surface area contributed by atoms with Crippen molar-refractivity contribution >= 4 is 11.4 Å². The van der Waals surface area contributed by atoms with Crippen LogP contribution in [0.15, 0.2) is 36.7 Å². The number of imidazole rings is 1. The number of hydrogen-bond acceptors (Lipinski definition) is 5. The number of nitrogens with zero attached hydrogens (tertiary/aromatic N) is 3. The number of halogens is 2. The van der Waals surface area contributed by atoms with Crippen LogP contribution >= 0.6 is 0 Å². The Labute approximate surface area is 180 Å². The van der Waals surface area contributed by atoms with E-state index in [9.17, 15) is 13.6 Å². The number of pyridine rings is 2. The lowest BCUT2D eigenvalue weighted by Crippen LogP contribution is -2.23. The van der Waals surface area contributed by atoms with E-state index in [2.05, 4.69) is 4.98 Å². The Kier molecular flexibility index (Phi) is 6.69. The van der Waals surface area contributed by atoms with Crippen LogP contribution in [0.2, 0.25) is 0 Å². The van der Waals surface area contributed by atoms with Crippen molar-refractivity contribution in [1.82, 2.24) is 14.4 Å². The molecular weight excluding hydrogens is 404 g/mol. The third kappa shape index (κ3) is 5.25. The van der Waals surface area contributed by atoms with E-state index in [1.165, 1.54) is 18.2 Å². The van der Waals surface area contributed by atoms with Crippen molar-refractivity contribution in [2.75, 3.05) is 13.7 Å². The SMILES string of the molecule is COCC(C)(C)c1cn2cc(CC(=O)c3cccc(C(F)F)n3)c(OC(C)C)cc2n1. The molecule has 0 unspecified atom stereocenters. The molecular formula is C23H27F2N3O3. The highest BCUT2D eigenvalue weighted by atomic mass is 19.3. The lowest BCUT2D eigenvalue weighted by atomic mass is 9.91. The van der Waals surface area contributed by atoms with Crippen LogP contribution < -0.4 is 4.74 Å². The van der Waals surface area contributed by atoms with Gasteiger partial charge in [0.15, 0.2) is 5.78 Å². The van der Waals surface area contributed by atoms with Crippen molar-refractivity contribution in [2.24, 2.45) is 0 Å². The number of ketones is 1. The second kappa shape index (κ2) is 9.09. The Morgan fingerprint density at radius 3 is 2.58 bits per heavy atom. The molecule has 166 valence electrons. The number of methoxy groups -OCH3 is 1. The molecule has 8 heteroatoms. The normalized spacial score (nSPS) is 12.2. The molecule has 0 spiro atoms.